The van der Waals surface area contributed by atoms with E-state index in [1.807, 2.05) is 0 Å². The summed E-state index contributed by atoms with van der Waals surface area (Å²) in [6, 6.07) is 3.31. The van der Waals surface area contributed by atoms with Gasteiger partial charge in [-0.25, -0.2) is 4.98 Å². The molecule has 0 fully saturated rings. The number of aryl methyl sites for hydroxylation is 1. The lowest BCUT2D eigenvalue weighted by Crippen LogP contribution is -2.11. The number of pyridine rings is 1. The minimum atomic E-state index is -0.184. The molecule has 2 aromatic heterocycles. The van der Waals surface area contributed by atoms with Crippen LogP contribution in [0.1, 0.15) is 10.4 Å². The SMILES string of the molecule is Cn1cc(NC(=O)c2ccnc(Br)c2)cn1. The molecule has 16 heavy (non-hydrogen) atoms. The summed E-state index contributed by atoms with van der Waals surface area (Å²) >= 11 is 3.21. The first-order valence-electron chi connectivity index (χ1n) is 4.57. The van der Waals surface area contributed by atoms with Gasteiger partial charge in [0.25, 0.3) is 5.91 Å². The highest BCUT2D eigenvalue weighted by Gasteiger charge is 2.07. The maximum absolute atomic E-state index is 11.8. The van der Waals surface area contributed by atoms with Crippen LogP contribution in [0, 0.1) is 0 Å². The zero-order valence-corrected chi connectivity index (χ0v) is 10.1. The molecule has 0 aliphatic carbocycles. The number of hydrogen-bond acceptors (Lipinski definition) is 3. The summed E-state index contributed by atoms with van der Waals surface area (Å²) in [5.74, 6) is -0.184. The van der Waals surface area contributed by atoms with Crippen LogP contribution in [0.25, 0.3) is 0 Å². The molecule has 1 amide bonds. The molecule has 0 aromatic carbocycles. The molecular weight excluding hydrogens is 272 g/mol. The van der Waals surface area contributed by atoms with Gasteiger partial charge >= 0.3 is 0 Å². The van der Waals surface area contributed by atoms with Gasteiger partial charge in [0.2, 0.25) is 0 Å². The Balaban J connectivity index is 2.14. The summed E-state index contributed by atoms with van der Waals surface area (Å²) in [5, 5.41) is 6.70. The number of amides is 1. The fraction of sp³-hybridized carbons (Fsp3) is 0.100. The van der Waals surface area contributed by atoms with Crippen LogP contribution < -0.4 is 5.32 Å². The first kappa shape index (κ1) is 10.8. The molecule has 6 heteroatoms. The lowest BCUT2D eigenvalue weighted by atomic mass is 10.2. The van der Waals surface area contributed by atoms with Gasteiger partial charge < -0.3 is 5.32 Å². The average Bonchev–Trinajstić information content (AvgIpc) is 2.64. The van der Waals surface area contributed by atoms with Crippen molar-refractivity contribution in [3.8, 4) is 0 Å². The van der Waals surface area contributed by atoms with E-state index in [0.717, 1.165) is 0 Å². The molecule has 0 bridgehead atoms. The van der Waals surface area contributed by atoms with Gasteiger partial charge in [-0.15, -0.1) is 0 Å². The largest absolute Gasteiger partial charge is 0.319 e. The maximum atomic E-state index is 11.8. The molecule has 2 rings (SSSR count). The van der Waals surface area contributed by atoms with Crippen LogP contribution in [-0.4, -0.2) is 20.7 Å². The van der Waals surface area contributed by atoms with Crippen LogP contribution in [0.15, 0.2) is 35.3 Å². The summed E-state index contributed by atoms with van der Waals surface area (Å²) in [5.41, 5.74) is 1.21. The number of aromatic nitrogens is 3. The van der Waals surface area contributed by atoms with Crippen molar-refractivity contribution < 1.29 is 4.79 Å². The van der Waals surface area contributed by atoms with Crippen molar-refractivity contribution >= 4 is 27.5 Å². The molecule has 0 radical (unpaired) electrons. The van der Waals surface area contributed by atoms with Crippen LogP contribution in [0.4, 0.5) is 5.69 Å². The number of carbonyl (C=O) groups is 1. The highest BCUT2D eigenvalue weighted by atomic mass is 79.9. The van der Waals surface area contributed by atoms with E-state index in [4.69, 9.17) is 0 Å². The zero-order chi connectivity index (χ0) is 11.5. The van der Waals surface area contributed by atoms with Crippen molar-refractivity contribution in [1.29, 1.82) is 0 Å². The predicted molar refractivity (Wildman–Crippen MR) is 63.1 cm³/mol. The Labute approximate surface area is 101 Å². The average molecular weight is 281 g/mol. The molecule has 0 aliphatic rings. The number of carbonyl (C=O) groups excluding carboxylic acids is 1. The Hall–Kier alpha value is -1.69. The molecule has 0 atom stereocenters. The molecule has 0 aliphatic heterocycles. The fourth-order valence-electron chi connectivity index (χ4n) is 1.23. The van der Waals surface area contributed by atoms with E-state index >= 15 is 0 Å². The smallest absolute Gasteiger partial charge is 0.255 e. The van der Waals surface area contributed by atoms with E-state index in [1.54, 1.807) is 42.5 Å². The second-order valence-electron chi connectivity index (χ2n) is 3.22. The number of anilines is 1. The Morgan fingerprint density at radius 2 is 2.38 bits per heavy atom. The number of rotatable bonds is 2. The van der Waals surface area contributed by atoms with Crippen molar-refractivity contribution in [1.82, 2.24) is 14.8 Å². The van der Waals surface area contributed by atoms with Crippen molar-refractivity contribution in [3.63, 3.8) is 0 Å². The van der Waals surface area contributed by atoms with E-state index in [-0.39, 0.29) is 5.91 Å². The summed E-state index contributed by atoms with van der Waals surface area (Å²) in [6.45, 7) is 0. The number of halogens is 1. The third-order valence-corrected chi connectivity index (χ3v) is 2.39. The Morgan fingerprint density at radius 1 is 1.56 bits per heavy atom. The van der Waals surface area contributed by atoms with Crippen LogP contribution >= 0.6 is 15.9 Å². The Kier molecular flexibility index (Phi) is 3.00. The van der Waals surface area contributed by atoms with Crippen LogP contribution in [0.2, 0.25) is 0 Å². The normalized spacial score (nSPS) is 10.1. The molecule has 0 unspecified atom stereocenters. The quantitative estimate of drug-likeness (QED) is 0.854. The first-order chi connectivity index (χ1) is 7.65. The van der Waals surface area contributed by atoms with Crippen molar-refractivity contribution in [2.24, 2.45) is 7.05 Å². The lowest BCUT2D eigenvalue weighted by Gasteiger charge is -2.01. The summed E-state index contributed by atoms with van der Waals surface area (Å²) in [7, 11) is 1.79. The van der Waals surface area contributed by atoms with Crippen LogP contribution in [0.5, 0.6) is 0 Å². The summed E-state index contributed by atoms with van der Waals surface area (Å²) in [6.07, 6.45) is 4.89. The van der Waals surface area contributed by atoms with Crippen LogP contribution in [-0.2, 0) is 7.05 Å². The lowest BCUT2D eigenvalue weighted by molar-refractivity contribution is 0.102. The van der Waals surface area contributed by atoms with Gasteiger partial charge in [0.15, 0.2) is 0 Å². The van der Waals surface area contributed by atoms with Gasteiger partial charge in [-0.05, 0) is 28.1 Å². The maximum Gasteiger partial charge on any atom is 0.255 e. The minimum absolute atomic E-state index is 0.184. The van der Waals surface area contributed by atoms with Gasteiger partial charge in [0.05, 0.1) is 11.9 Å². The van der Waals surface area contributed by atoms with Crippen molar-refractivity contribution in [3.05, 3.63) is 40.9 Å². The van der Waals surface area contributed by atoms with Gasteiger partial charge in [-0.3, -0.25) is 9.48 Å². The highest BCUT2D eigenvalue weighted by Crippen LogP contribution is 2.11. The van der Waals surface area contributed by atoms with Gasteiger partial charge in [0, 0.05) is 25.0 Å². The van der Waals surface area contributed by atoms with Crippen LogP contribution in [0.3, 0.4) is 0 Å². The fourth-order valence-corrected chi connectivity index (χ4v) is 1.60. The molecule has 1 N–H and O–H groups in total. The third kappa shape index (κ3) is 2.46. The van der Waals surface area contributed by atoms with Gasteiger partial charge in [0.1, 0.15) is 4.60 Å². The monoisotopic (exact) mass is 280 g/mol. The summed E-state index contributed by atoms with van der Waals surface area (Å²) < 4.78 is 2.25. The topological polar surface area (TPSA) is 59.8 Å². The predicted octanol–water partition coefficient (Wildman–Crippen LogP) is 1.83. The standard InChI is InChI=1S/C10H9BrN4O/c1-15-6-8(5-13-15)14-10(16)7-2-3-12-9(11)4-7/h2-6H,1H3,(H,14,16). The summed E-state index contributed by atoms with van der Waals surface area (Å²) in [4.78, 5) is 15.7. The Morgan fingerprint density at radius 3 is 3.00 bits per heavy atom. The molecule has 82 valence electrons. The highest BCUT2D eigenvalue weighted by molar-refractivity contribution is 9.10. The van der Waals surface area contributed by atoms with E-state index in [9.17, 15) is 4.79 Å². The molecule has 2 aromatic rings. The third-order valence-electron chi connectivity index (χ3n) is 1.95. The van der Waals surface area contributed by atoms with E-state index < -0.39 is 0 Å². The number of nitrogens with one attached hydrogen (secondary N) is 1. The first-order valence-corrected chi connectivity index (χ1v) is 5.36. The number of nitrogens with zero attached hydrogens (tertiary/aromatic N) is 3. The second kappa shape index (κ2) is 4.44. The molecule has 0 saturated heterocycles. The van der Waals surface area contributed by atoms with E-state index in [0.29, 0.717) is 15.9 Å². The van der Waals surface area contributed by atoms with Crippen molar-refractivity contribution in [2.75, 3.05) is 5.32 Å². The molecular formula is C10H9BrN4O. The van der Waals surface area contributed by atoms with Crippen molar-refractivity contribution in [2.45, 2.75) is 0 Å². The van der Waals surface area contributed by atoms with E-state index in [1.165, 1.54) is 0 Å². The molecule has 5 nitrogen and oxygen atoms in total. The van der Waals surface area contributed by atoms with Gasteiger partial charge in [-0.1, -0.05) is 0 Å². The second-order valence-corrected chi connectivity index (χ2v) is 4.04. The molecule has 0 saturated carbocycles. The van der Waals surface area contributed by atoms with E-state index in [2.05, 4.69) is 31.3 Å². The molecule has 0 spiro atoms. The van der Waals surface area contributed by atoms with Gasteiger partial charge in [-0.2, -0.15) is 5.10 Å². The minimum Gasteiger partial charge on any atom is -0.319 e. The number of hydrogen-bond donors (Lipinski definition) is 1. The zero-order valence-electron chi connectivity index (χ0n) is 8.51. The molecule has 2 heterocycles. The Bertz CT molecular complexity index is 523.